The average molecular weight is 311 g/mol. The van der Waals surface area contributed by atoms with E-state index < -0.39 is 11.9 Å². The second-order valence-corrected chi connectivity index (χ2v) is 7.74. The number of carboxylic acids is 1. The van der Waals surface area contributed by atoms with Crippen molar-refractivity contribution >= 4 is 35.0 Å². The minimum absolute atomic E-state index is 0.00463. The van der Waals surface area contributed by atoms with Crippen LogP contribution in [0.1, 0.15) is 27.0 Å². The van der Waals surface area contributed by atoms with Crippen LogP contribution in [-0.2, 0) is 17.0 Å². The molecule has 2 aliphatic rings. The Kier molecular flexibility index (Phi) is 3.77. The number of thiophene rings is 1. The second-order valence-electron chi connectivity index (χ2n) is 5.49. The molecule has 0 saturated carbocycles. The Balaban J connectivity index is 1.76. The molecule has 2 atom stereocenters. The predicted octanol–water partition coefficient (Wildman–Crippen LogP) is 2.33. The molecule has 0 spiro atoms. The number of aryl methyl sites for hydroxylation is 1. The molecule has 1 amide bonds. The number of hydrogen-bond donors (Lipinski definition) is 1. The third kappa shape index (κ3) is 2.46. The zero-order valence-electron chi connectivity index (χ0n) is 11.3. The van der Waals surface area contributed by atoms with Gasteiger partial charge < -0.3 is 10.0 Å². The highest BCUT2D eigenvalue weighted by molar-refractivity contribution is 7.98. The van der Waals surface area contributed by atoms with Gasteiger partial charge in [0, 0.05) is 23.7 Å². The molecular weight excluding hydrogens is 294 g/mol. The molecule has 1 saturated heterocycles. The first-order valence-corrected chi connectivity index (χ1v) is 8.75. The van der Waals surface area contributed by atoms with Gasteiger partial charge in [0.25, 0.3) is 5.91 Å². The smallest absolute Gasteiger partial charge is 0.308 e. The van der Waals surface area contributed by atoms with E-state index >= 15 is 0 Å². The van der Waals surface area contributed by atoms with Gasteiger partial charge in [-0.15, -0.1) is 11.3 Å². The van der Waals surface area contributed by atoms with Crippen molar-refractivity contribution in [3.8, 4) is 0 Å². The molecule has 108 valence electrons. The lowest BCUT2D eigenvalue weighted by Crippen LogP contribution is -2.29. The highest BCUT2D eigenvalue weighted by Gasteiger charge is 2.37. The molecule has 0 aromatic carbocycles. The third-order valence-corrected chi connectivity index (χ3v) is 6.29. The van der Waals surface area contributed by atoms with Gasteiger partial charge in [-0.2, -0.15) is 11.8 Å². The number of thioether (sulfide) groups is 1. The van der Waals surface area contributed by atoms with Crippen molar-refractivity contribution in [1.82, 2.24) is 4.90 Å². The molecule has 1 aromatic heterocycles. The van der Waals surface area contributed by atoms with Crippen LogP contribution in [0.5, 0.6) is 0 Å². The van der Waals surface area contributed by atoms with Crippen LogP contribution >= 0.6 is 23.1 Å². The fourth-order valence-electron chi connectivity index (χ4n) is 2.86. The van der Waals surface area contributed by atoms with Crippen LogP contribution in [0, 0.1) is 11.8 Å². The molecule has 1 fully saturated rings. The number of carbonyl (C=O) groups excluding carboxylic acids is 1. The van der Waals surface area contributed by atoms with Crippen molar-refractivity contribution in [1.29, 1.82) is 0 Å². The first-order chi connectivity index (χ1) is 9.56. The minimum Gasteiger partial charge on any atom is -0.481 e. The van der Waals surface area contributed by atoms with Gasteiger partial charge in [-0.3, -0.25) is 9.59 Å². The number of likely N-dealkylation sites (tertiary alicyclic amines) is 1. The number of fused-ring (bicyclic) bond motifs is 1. The Morgan fingerprint density at radius 2 is 2.20 bits per heavy atom. The van der Waals surface area contributed by atoms with Gasteiger partial charge in [0.15, 0.2) is 0 Å². The highest BCUT2D eigenvalue weighted by Crippen LogP contribution is 2.33. The van der Waals surface area contributed by atoms with Crippen LogP contribution < -0.4 is 0 Å². The van der Waals surface area contributed by atoms with Crippen LogP contribution in [0.4, 0.5) is 0 Å². The van der Waals surface area contributed by atoms with Crippen molar-refractivity contribution in [2.75, 3.05) is 18.8 Å². The summed E-state index contributed by atoms with van der Waals surface area (Å²) in [4.78, 5) is 27.5. The fraction of sp³-hybridized carbons (Fsp3) is 0.571. The Labute approximate surface area is 126 Å². The molecule has 1 N–H and O–H groups in total. The van der Waals surface area contributed by atoms with E-state index in [1.54, 1.807) is 16.2 Å². The summed E-state index contributed by atoms with van der Waals surface area (Å²) in [5, 5.41) is 9.15. The Bertz CT molecular complexity index is 531. The lowest BCUT2D eigenvalue weighted by molar-refractivity contribution is -0.142. The molecule has 0 radical (unpaired) electrons. The van der Waals surface area contributed by atoms with Gasteiger partial charge in [0.05, 0.1) is 10.8 Å². The molecule has 3 heterocycles. The molecule has 0 aliphatic carbocycles. The largest absolute Gasteiger partial charge is 0.481 e. The van der Waals surface area contributed by atoms with E-state index in [0.29, 0.717) is 13.1 Å². The van der Waals surface area contributed by atoms with Crippen molar-refractivity contribution < 1.29 is 14.7 Å². The van der Waals surface area contributed by atoms with Crippen LogP contribution in [0.2, 0.25) is 0 Å². The fourth-order valence-corrected chi connectivity index (χ4v) is 5.20. The summed E-state index contributed by atoms with van der Waals surface area (Å²) < 4.78 is 0. The number of aliphatic carboxylic acids is 1. The van der Waals surface area contributed by atoms with Gasteiger partial charge in [0.1, 0.15) is 0 Å². The van der Waals surface area contributed by atoms with Crippen molar-refractivity contribution in [3.05, 3.63) is 21.4 Å². The van der Waals surface area contributed by atoms with E-state index in [1.807, 2.05) is 24.8 Å². The summed E-state index contributed by atoms with van der Waals surface area (Å²) in [6, 6.07) is 2.01. The maximum Gasteiger partial charge on any atom is 0.308 e. The summed E-state index contributed by atoms with van der Waals surface area (Å²) in [7, 11) is 0. The standard InChI is InChI=1S/C14H17NO3S2/c1-8-5-15(6-10(8)14(17)18)13(16)12-4-9-7-19-3-2-11(9)20-12/h4,8,10H,2-3,5-7H2,1H3,(H,17,18). The molecule has 2 unspecified atom stereocenters. The number of hydrogen-bond acceptors (Lipinski definition) is 4. The quantitative estimate of drug-likeness (QED) is 0.911. The second kappa shape index (κ2) is 5.41. The Morgan fingerprint density at radius 3 is 2.85 bits per heavy atom. The summed E-state index contributed by atoms with van der Waals surface area (Å²) in [6.07, 6.45) is 1.05. The Morgan fingerprint density at radius 1 is 1.40 bits per heavy atom. The zero-order valence-corrected chi connectivity index (χ0v) is 12.9. The van der Waals surface area contributed by atoms with Crippen LogP contribution in [0.25, 0.3) is 0 Å². The third-order valence-electron chi connectivity index (χ3n) is 4.06. The van der Waals surface area contributed by atoms with Gasteiger partial charge in [-0.05, 0) is 29.7 Å². The summed E-state index contributed by atoms with van der Waals surface area (Å²) >= 11 is 3.49. The van der Waals surface area contributed by atoms with Crippen molar-refractivity contribution in [2.45, 2.75) is 19.1 Å². The zero-order chi connectivity index (χ0) is 14.3. The number of carbonyl (C=O) groups is 2. The highest BCUT2D eigenvalue weighted by atomic mass is 32.2. The summed E-state index contributed by atoms with van der Waals surface area (Å²) in [6.45, 7) is 2.79. The molecule has 6 heteroatoms. The first-order valence-electron chi connectivity index (χ1n) is 6.77. The van der Waals surface area contributed by atoms with Crippen LogP contribution in [-0.4, -0.2) is 40.7 Å². The van der Waals surface area contributed by atoms with Crippen LogP contribution in [0.3, 0.4) is 0 Å². The lowest BCUT2D eigenvalue weighted by Gasteiger charge is -2.14. The molecule has 1 aromatic rings. The van der Waals surface area contributed by atoms with E-state index in [1.165, 1.54) is 10.4 Å². The van der Waals surface area contributed by atoms with E-state index in [2.05, 4.69) is 0 Å². The van der Waals surface area contributed by atoms with Gasteiger partial charge in [-0.25, -0.2) is 0 Å². The molecule has 4 nitrogen and oxygen atoms in total. The minimum atomic E-state index is -0.797. The number of rotatable bonds is 2. The monoisotopic (exact) mass is 311 g/mol. The van der Waals surface area contributed by atoms with Crippen molar-refractivity contribution in [3.63, 3.8) is 0 Å². The number of carboxylic acid groups (broad SMARTS) is 1. The molecule has 20 heavy (non-hydrogen) atoms. The van der Waals surface area contributed by atoms with E-state index in [4.69, 9.17) is 5.11 Å². The van der Waals surface area contributed by atoms with E-state index in [9.17, 15) is 9.59 Å². The number of nitrogens with zero attached hydrogens (tertiary/aromatic N) is 1. The summed E-state index contributed by atoms with van der Waals surface area (Å²) in [5.74, 6) is 0.932. The topological polar surface area (TPSA) is 57.6 Å². The summed E-state index contributed by atoms with van der Waals surface area (Å²) in [5.41, 5.74) is 1.29. The maximum atomic E-state index is 12.5. The first kappa shape index (κ1) is 13.9. The van der Waals surface area contributed by atoms with Gasteiger partial charge in [-0.1, -0.05) is 6.92 Å². The molecule has 3 rings (SSSR count). The molecule has 2 aliphatic heterocycles. The van der Waals surface area contributed by atoms with Crippen LogP contribution in [0.15, 0.2) is 6.07 Å². The molecular formula is C14H17NO3S2. The van der Waals surface area contributed by atoms with E-state index in [-0.39, 0.29) is 11.8 Å². The lowest BCUT2D eigenvalue weighted by atomic mass is 9.99. The number of amides is 1. The normalized spacial score (nSPS) is 25.6. The van der Waals surface area contributed by atoms with Gasteiger partial charge >= 0.3 is 5.97 Å². The van der Waals surface area contributed by atoms with Crippen molar-refractivity contribution in [2.24, 2.45) is 11.8 Å². The SMILES string of the molecule is CC1CN(C(=O)c2cc3c(s2)CCSC3)CC1C(=O)O. The maximum absolute atomic E-state index is 12.5. The molecule has 0 bridgehead atoms. The average Bonchev–Trinajstić information content (AvgIpc) is 3.01. The Hall–Kier alpha value is -1.01. The van der Waals surface area contributed by atoms with E-state index in [0.717, 1.165) is 22.8 Å². The predicted molar refractivity (Wildman–Crippen MR) is 80.4 cm³/mol. The van der Waals surface area contributed by atoms with Gasteiger partial charge in [0.2, 0.25) is 0 Å².